The van der Waals surface area contributed by atoms with Crippen LogP contribution in [0.4, 0.5) is 28.0 Å². The number of carboxylic acids is 1. The van der Waals surface area contributed by atoms with E-state index in [2.05, 4.69) is 38.0 Å². The molecule has 8 aliphatic rings. The molecular weight excluding hydrogens is 1510 g/mol. The van der Waals surface area contributed by atoms with E-state index in [0.29, 0.717) is 86.5 Å². The highest BCUT2D eigenvalue weighted by atomic mass is 32.2. The van der Waals surface area contributed by atoms with Gasteiger partial charge in [-0.3, -0.25) is 57.8 Å². The van der Waals surface area contributed by atoms with Crippen molar-refractivity contribution in [3.05, 3.63) is 95.6 Å². The Morgan fingerprint density at radius 3 is 1.17 bits per heavy atom. The normalized spacial score (nSPS) is 23.4. The summed E-state index contributed by atoms with van der Waals surface area (Å²) in [6, 6.07) is 6.81. The van der Waals surface area contributed by atoms with E-state index in [9.17, 15) is 73.6 Å². The summed E-state index contributed by atoms with van der Waals surface area (Å²) in [5.41, 5.74) is -2.91. The third kappa shape index (κ3) is 23.0. The number of fused-ring (bicyclic) bond motifs is 2. The van der Waals surface area contributed by atoms with E-state index < -0.39 is 154 Å². The zero-order chi connectivity index (χ0) is 82.5. The number of amides is 8. The predicted octanol–water partition coefficient (Wildman–Crippen LogP) is 12.2. The molecule has 8 atom stereocenters. The molecule has 113 heavy (non-hydrogen) atoms. The quantitative estimate of drug-likeness (QED) is 0.0180. The maximum Gasteiger partial charge on any atom is 0.411 e. The van der Waals surface area contributed by atoms with Gasteiger partial charge in [0, 0.05) is 61.7 Å². The van der Waals surface area contributed by atoms with E-state index >= 15 is 0 Å². The average molecular weight is 1620 g/mol. The van der Waals surface area contributed by atoms with E-state index in [-0.39, 0.29) is 77.3 Å². The number of benzene rings is 2. The van der Waals surface area contributed by atoms with E-state index in [1.54, 1.807) is 65.8 Å². The molecule has 626 valence electrons. The molecule has 0 bridgehead atoms. The number of ether oxygens (including phenoxy) is 5. The summed E-state index contributed by atoms with van der Waals surface area (Å²) in [7, 11) is -6.78. The Hall–Kier alpha value is -8.42. The molecule has 10 rings (SSSR count). The van der Waals surface area contributed by atoms with Crippen molar-refractivity contribution in [3.8, 4) is 0 Å². The van der Waals surface area contributed by atoms with Crippen LogP contribution in [0.1, 0.15) is 256 Å². The fourth-order valence-electron chi connectivity index (χ4n) is 15.7. The van der Waals surface area contributed by atoms with Crippen LogP contribution in [0.5, 0.6) is 0 Å². The maximum absolute atomic E-state index is 14.3. The van der Waals surface area contributed by atoms with Crippen molar-refractivity contribution in [2.75, 3.05) is 20.2 Å². The molecule has 28 nitrogen and oxygen atoms in total. The van der Waals surface area contributed by atoms with Crippen molar-refractivity contribution < 1.29 is 102 Å². The lowest BCUT2D eigenvalue weighted by molar-refractivity contribution is -0.141. The largest absolute Gasteiger partial charge is 0.481 e. The van der Waals surface area contributed by atoms with Gasteiger partial charge in [-0.05, 0) is 129 Å². The van der Waals surface area contributed by atoms with Gasteiger partial charge in [-0.25, -0.2) is 44.8 Å². The molecule has 8 amide bonds. The fourth-order valence-corrected chi connectivity index (χ4v) is 19.1. The molecule has 0 spiro atoms. The molecular formula is C81H116F2N8O20S2. The molecule has 2 saturated heterocycles. The molecule has 4 heterocycles. The van der Waals surface area contributed by atoms with Crippen LogP contribution in [0.25, 0.3) is 0 Å². The number of halogens is 2. The van der Waals surface area contributed by atoms with Gasteiger partial charge in [0.05, 0.1) is 42.8 Å². The maximum atomic E-state index is 14.3. The lowest BCUT2D eigenvalue weighted by Crippen LogP contribution is -2.57. The molecule has 0 unspecified atom stereocenters. The minimum Gasteiger partial charge on any atom is -0.481 e. The number of hydrogen-bond acceptors (Lipinski definition) is 19. The van der Waals surface area contributed by atoms with Gasteiger partial charge in [0.1, 0.15) is 58.2 Å². The fraction of sp³-hybridized carbons (Fsp3) is 0.679. The van der Waals surface area contributed by atoms with Crippen molar-refractivity contribution in [2.24, 2.45) is 11.8 Å². The van der Waals surface area contributed by atoms with E-state index in [1.807, 2.05) is 0 Å². The van der Waals surface area contributed by atoms with Gasteiger partial charge < -0.3 is 39.4 Å². The second kappa shape index (κ2) is 37.5. The van der Waals surface area contributed by atoms with Crippen LogP contribution in [-0.4, -0.2) is 178 Å². The molecule has 0 aromatic heterocycles. The molecule has 32 heteroatoms. The molecule has 2 aromatic carbocycles. The SMILES string of the molecule is C=C[C@@H]1C[C@]1(NC(=O)[C@@H]1C[C@@H](OC(=O)N2Cc3cccc(F)c3C2)CN1C(=O)OC(C)(C)C)C(=O)NS(=O)(=O)C1(CCCCCCCCCCCC(=O)O)CC1.C=C[C@@H]1C[C@]1(NC(=O)[C@@H]1C[C@@H](OC(=O)N2Cc3cccc(F)c3C2)CN1C(=O)OC(C)(C)C)C(=O)NS(=O)(=O)C1(CCCCCCCCCCCC(=O)OC)CC1. The topological polar surface area (TPSA) is 366 Å². The van der Waals surface area contributed by atoms with Crippen LogP contribution >= 0.6 is 0 Å². The van der Waals surface area contributed by atoms with Gasteiger partial charge in [0.15, 0.2) is 0 Å². The summed E-state index contributed by atoms with van der Waals surface area (Å²) < 4.78 is 113. The summed E-state index contributed by atoms with van der Waals surface area (Å²) in [5.74, 6) is -6.09. The first-order chi connectivity index (χ1) is 53.3. The van der Waals surface area contributed by atoms with Crippen LogP contribution < -0.4 is 20.1 Å². The highest BCUT2D eigenvalue weighted by Gasteiger charge is 2.65. The predicted molar refractivity (Wildman–Crippen MR) is 412 cm³/mol. The Bertz CT molecular complexity index is 4090. The number of nitrogens with zero attached hydrogens (tertiary/aromatic N) is 4. The van der Waals surface area contributed by atoms with E-state index in [4.69, 9.17) is 24.1 Å². The van der Waals surface area contributed by atoms with Gasteiger partial charge in [-0.2, -0.15) is 0 Å². The summed E-state index contributed by atoms with van der Waals surface area (Å²) in [4.78, 5) is 136. The first-order valence-electron chi connectivity index (χ1n) is 40.1. The number of sulfonamides is 2. The zero-order valence-corrected chi connectivity index (χ0v) is 68.2. The van der Waals surface area contributed by atoms with Gasteiger partial charge in [0.2, 0.25) is 31.9 Å². The van der Waals surface area contributed by atoms with Crippen LogP contribution in [0.3, 0.4) is 0 Å². The monoisotopic (exact) mass is 1620 g/mol. The summed E-state index contributed by atoms with van der Waals surface area (Å²) in [6.07, 6.45) is 18.1. The summed E-state index contributed by atoms with van der Waals surface area (Å²) in [5, 5.41) is 14.2. The number of carboxylic acid groups (broad SMARTS) is 1. The van der Waals surface area contributed by atoms with Crippen molar-refractivity contribution in [3.63, 3.8) is 0 Å². The first kappa shape index (κ1) is 88.5. The zero-order valence-electron chi connectivity index (χ0n) is 66.5. The van der Waals surface area contributed by atoms with E-state index in [0.717, 1.165) is 106 Å². The molecule has 4 saturated carbocycles. The number of hydrogen-bond donors (Lipinski definition) is 5. The van der Waals surface area contributed by atoms with Gasteiger partial charge >= 0.3 is 36.3 Å². The Morgan fingerprint density at radius 1 is 0.513 bits per heavy atom. The smallest absolute Gasteiger partial charge is 0.411 e. The minimum atomic E-state index is -4.09. The highest BCUT2D eigenvalue weighted by molar-refractivity contribution is 7.92. The third-order valence-corrected chi connectivity index (χ3v) is 27.3. The van der Waals surface area contributed by atoms with Crippen molar-refractivity contribution in [1.29, 1.82) is 0 Å². The lowest BCUT2D eigenvalue weighted by Gasteiger charge is -2.29. The lowest BCUT2D eigenvalue weighted by atomic mass is 10.0. The van der Waals surface area contributed by atoms with Gasteiger partial charge in [-0.15, -0.1) is 13.2 Å². The molecule has 2 aromatic rings. The number of nitrogens with one attached hydrogen (secondary N) is 4. The Morgan fingerprint density at radius 2 is 0.858 bits per heavy atom. The number of likely N-dealkylation sites (tertiary alicyclic amines) is 2. The number of methoxy groups -OCH3 is 1. The Kier molecular flexibility index (Phi) is 29.3. The second-order valence-electron chi connectivity index (χ2n) is 33.8. The average Bonchev–Trinajstić information content (AvgIpc) is 1.57. The molecule has 4 aliphatic heterocycles. The van der Waals surface area contributed by atoms with Gasteiger partial charge in [-0.1, -0.05) is 139 Å². The Labute approximate surface area is 662 Å². The second-order valence-corrected chi connectivity index (χ2v) is 38.0. The van der Waals surface area contributed by atoms with Crippen LogP contribution in [0.15, 0.2) is 61.7 Å². The van der Waals surface area contributed by atoms with Crippen LogP contribution in [0.2, 0.25) is 0 Å². The molecule has 4 aliphatic carbocycles. The number of rotatable bonds is 38. The molecule has 6 fully saturated rings. The number of unbranched alkanes of at least 4 members (excludes halogenated alkanes) is 16. The third-order valence-electron chi connectivity index (χ3n) is 22.9. The summed E-state index contributed by atoms with van der Waals surface area (Å²) in [6.45, 7) is 17.5. The number of aliphatic carboxylic acids is 1. The van der Waals surface area contributed by atoms with Crippen molar-refractivity contribution >= 4 is 80.0 Å². The number of carbonyl (C=O) groups is 10. The van der Waals surface area contributed by atoms with Crippen molar-refractivity contribution in [2.45, 2.75) is 316 Å². The van der Waals surface area contributed by atoms with Crippen LogP contribution in [0, 0.1) is 23.5 Å². The number of esters is 1. The first-order valence-corrected chi connectivity index (χ1v) is 43.1. The van der Waals surface area contributed by atoms with Gasteiger partial charge in [0.25, 0.3) is 11.8 Å². The molecule has 5 N–H and O–H groups in total. The molecule has 0 radical (unpaired) electrons. The summed E-state index contributed by atoms with van der Waals surface area (Å²) >= 11 is 0. The van der Waals surface area contributed by atoms with Crippen LogP contribution in [-0.2, 0) is 98.7 Å². The standard InChI is InChI=1S/C41H59FN4O10S.C40H57FN4O10S/c1-6-29-24-41(29,36(49)44-57(52,53)40(21-22-40)20-15-13-11-9-7-8-10-12-14-19-34(47)54-5)43-35(48)33-23-30(26-46(33)38(51)56-39(2,3)4)55-37(50)45-25-28-17-16-18-32(42)31(28)27-45;1-5-28-23-40(28,35(49)43-56(52,53)39(20-21-39)19-14-12-10-8-6-7-9-11-13-18-33(46)47)42-34(48)32-22-29(25-45(32)37(51)55-38(2,3)4)54-36(50)44-24-27-16-15-17-31(41)30(27)26-44/h6,16-18,29-30,33H,1,7-15,19-27H2,2-5H3,(H,43,48)(H,44,49);5,15-17,28-29,32H,1,6-14,18-26H2,2-4H3,(H,42,48)(H,43,49)(H,46,47)/t29-,30-,33+,41-;28-,29-,32+,40-/m11/s1. The Balaban J connectivity index is 0.000000259. The minimum absolute atomic E-state index is 0.0119. The number of carbonyl (C=O) groups excluding carboxylic acids is 9. The highest BCUT2D eigenvalue weighted by Crippen LogP contribution is 2.52. The van der Waals surface area contributed by atoms with Crippen molar-refractivity contribution in [1.82, 2.24) is 39.7 Å². The van der Waals surface area contributed by atoms with E-state index in [1.165, 1.54) is 41.2 Å².